The first-order valence-electron chi connectivity index (χ1n) is 5.74. The number of benzene rings is 2. The van der Waals surface area contributed by atoms with E-state index in [1.54, 1.807) is 0 Å². The van der Waals surface area contributed by atoms with Gasteiger partial charge in [-0.15, -0.1) is 0 Å². The molecule has 0 radical (unpaired) electrons. The van der Waals surface area contributed by atoms with Gasteiger partial charge in [-0.25, -0.2) is 8.78 Å². The number of ether oxygens (including phenoxy) is 1. The van der Waals surface area contributed by atoms with Crippen LogP contribution in [0.2, 0.25) is 0 Å². The van der Waals surface area contributed by atoms with Gasteiger partial charge in [0.1, 0.15) is 24.0 Å². The summed E-state index contributed by atoms with van der Waals surface area (Å²) in [6.07, 6.45) is 0. The second-order valence-electron chi connectivity index (χ2n) is 4.11. The molecule has 0 spiro atoms. The lowest BCUT2D eigenvalue weighted by Gasteiger charge is -2.11. The van der Waals surface area contributed by atoms with E-state index >= 15 is 0 Å². The van der Waals surface area contributed by atoms with E-state index in [2.05, 4.69) is 0 Å². The molecule has 0 fully saturated rings. The highest BCUT2D eigenvalue weighted by molar-refractivity contribution is 5.96. The normalized spacial score (nSPS) is 10.3. The van der Waals surface area contributed by atoms with Crippen LogP contribution in [0.5, 0.6) is 5.75 Å². The van der Waals surface area contributed by atoms with Gasteiger partial charge >= 0.3 is 0 Å². The molecule has 0 saturated heterocycles. The van der Waals surface area contributed by atoms with Crippen LogP contribution < -0.4 is 16.2 Å². The molecule has 0 atom stereocenters. The quantitative estimate of drug-likeness (QED) is 0.842. The average molecular weight is 278 g/mol. The molecule has 4 N–H and O–H groups in total. The molecular formula is C14H12F2N2O2. The SMILES string of the molecule is NC(=O)c1ccc(N)cc1OCc1c(F)cccc1F. The van der Waals surface area contributed by atoms with Gasteiger partial charge in [0.15, 0.2) is 0 Å². The number of primary amides is 1. The fourth-order valence-electron chi connectivity index (χ4n) is 1.68. The zero-order chi connectivity index (χ0) is 14.7. The molecule has 0 aliphatic heterocycles. The lowest BCUT2D eigenvalue weighted by Crippen LogP contribution is -2.13. The molecule has 0 aliphatic carbocycles. The number of nitrogens with two attached hydrogens (primary N) is 2. The van der Waals surface area contributed by atoms with E-state index in [4.69, 9.17) is 16.2 Å². The molecule has 4 nitrogen and oxygen atoms in total. The first-order valence-corrected chi connectivity index (χ1v) is 5.74. The van der Waals surface area contributed by atoms with Gasteiger partial charge < -0.3 is 16.2 Å². The highest BCUT2D eigenvalue weighted by Gasteiger charge is 2.13. The Hall–Kier alpha value is -2.63. The number of carbonyl (C=O) groups excluding carboxylic acids is 1. The van der Waals surface area contributed by atoms with Crippen LogP contribution in [0.25, 0.3) is 0 Å². The van der Waals surface area contributed by atoms with Gasteiger partial charge in [-0.1, -0.05) is 6.07 Å². The first kappa shape index (κ1) is 13.8. The number of nitrogen functional groups attached to an aromatic ring is 1. The van der Waals surface area contributed by atoms with Crippen molar-refractivity contribution in [1.82, 2.24) is 0 Å². The van der Waals surface area contributed by atoms with Crippen molar-refractivity contribution in [2.24, 2.45) is 5.73 Å². The van der Waals surface area contributed by atoms with Crippen molar-refractivity contribution < 1.29 is 18.3 Å². The van der Waals surface area contributed by atoms with E-state index in [0.717, 1.165) is 12.1 Å². The molecule has 0 aromatic heterocycles. The summed E-state index contributed by atoms with van der Waals surface area (Å²) < 4.78 is 32.2. The first-order chi connectivity index (χ1) is 9.49. The van der Waals surface area contributed by atoms with Crippen LogP contribution in [-0.4, -0.2) is 5.91 Å². The molecule has 0 unspecified atom stereocenters. The van der Waals surface area contributed by atoms with Gasteiger partial charge in [-0.2, -0.15) is 0 Å². The van der Waals surface area contributed by atoms with Gasteiger partial charge in [0, 0.05) is 11.8 Å². The molecule has 2 aromatic carbocycles. The topological polar surface area (TPSA) is 78.3 Å². The Morgan fingerprint density at radius 2 is 1.80 bits per heavy atom. The predicted octanol–water partition coefficient (Wildman–Crippen LogP) is 2.22. The number of amides is 1. The Bertz CT molecular complexity index is 639. The van der Waals surface area contributed by atoms with Crippen molar-refractivity contribution in [3.8, 4) is 5.75 Å². The fraction of sp³-hybridized carbons (Fsp3) is 0.0714. The maximum atomic E-state index is 13.5. The molecular weight excluding hydrogens is 266 g/mol. The van der Waals surface area contributed by atoms with Gasteiger partial charge in [0.25, 0.3) is 5.91 Å². The fourth-order valence-corrected chi connectivity index (χ4v) is 1.68. The van der Waals surface area contributed by atoms with Crippen molar-refractivity contribution in [2.45, 2.75) is 6.61 Å². The summed E-state index contributed by atoms with van der Waals surface area (Å²) in [6, 6.07) is 7.75. The van der Waals surface area contributed by atoms with Crippen LogP contribution in [0.15, 0.2) is 36.4 Å². The minimum Gasteiger partial charge on any atom is -0.488 e. The number of carbonyl (C=O) groups is 1. The van der Waals surface area contributed by atoms with Crippen LogP contribution in [0.1, 0.15) is 15.9 Å². The largest absolute Gasteiger partial charge is 0.488 e. The molecule has 104 valence electrons. The molecule has 0 heterocycles. The predicted molar refractivity (Wildman–Crippen MR) is 70.1 cm³/mol. The maximum Gasteiger partial charge on any atom is 0.252 e. The third-order valence-electron chi connectivity index (χ3n) is 2.70. The van der Waals surface area contributed by atoms with Gasteiger partial charge in [0.05, 0.1) is 11.1 Å². The molecule has 2 aromatic rings. The summed E-state index contributed by atoms with van der Waals surface area (Å²) in [7, 11) is 0. The molecule has 20 heavy (non-hydrogen) atoms. The molecule has 6 heteroatoms. The number of anilines is 1. The third-order valence-corrected chi connectivity index (χ3v) is 2.70. The summed E-state index contributed by atoms with van der Waals surface area (Å²) >= 11 is 0. The Morgan fingerprint density at radius 1 is 1.15 bits per heavy atom. The van der Waals surface area contributed by atoms with Crippen molar-refractivity contribution in [2.75, 3.05) is 5.73 Å². The minimum atomic E-state index is -0.727. The summed E-state index contributed by atoms with van der Waals surface area (Å²) in [5.74, 6) is -2.08. The standard InChI is InChI=1S/C14H12F2N2O2/c15-11-2-1-3-12(16)10(11)7-20-13-6-8(17)4-5-9(13)14(18)19/h1-6H,7,17H2,(H2,18,19). The van der Waals surface area contributed by atoms with Gasteiger partial charge in [0.2, 0.25) is 0 Å². The Morgan fingerprint density at radius 3 is 2.40 bits per heavy atom. The average Bonchev–Trinajstić information content (AvgIpc) is 2.37. The Balaban J connectivity index is 2.27. The smallest absolute Gasteiger partial charge is 0.252 e. The van der Waals surface area contributed by atoms with Crippen LogP contribution in [0.4, 0.5) is 14.5 Å². The Labute approximate surface area is 114 Å². The number of hydrogen-bond donors (Lipinski definition) is 2. The van der Waals surface area contributed by atoms with E-state index < -0.39 is 17.5 Å². The number of rotatable bonds is 4. The van der Waals surface area contributed by atoms with Gasteiger partial charge in [-0.05, 0) is 24.3 Å². The highest BCUT2D eigenvalue weighted by atomic mass is 19.1. The lowest BCUT2D eigenvalue weighted by atomic mass is 10.1. The van der Waals surface area contributed by atoms with Crippen LogP contribution in [0, 0.1) is 11.6 Å². The third kappa shape index (κ3) is 2.85. The van der Waals surface area contributed by atoms with E-state index in [1.807, 2.05) is 0 Å². The molecule has 0 aliphatic rings. The Kier molecular flexibility index (Phi) is 3.84. The van der Waals surface area contributed by atoms with Crippen molar-refractivity contribution in [1.29, 1.82) is 0 Å². The van der Waals surface area contributed by atoms with Crippen LogP contribution >= 0.6 is 0 Å². The molecule has 2 rings (SSSR count). The van der Waals surface area contributed by atoms with Crippen LogP contribution in [-0.2, 0) is 6.61 Å². The summed E-state index contributed by atoms with van der Waals surface area (Å²) in [5, 5.41) is 0. The molecule has 1 amide bonds. The van der Waals surface area contributed by atoms with Crippen molar-refractivity contribution >= 4 is 11.6 Å². The second kappa shape index (κ2) is 5.56. The van der Waals surface area contributed by atoms with Crippen molar-refractivity contribution in [3.05, 3.63) is 59.2 Å². The number of hydrogen-bond acceptors (Lipinski definition) is 3. The van der Waals surface area contributed by atoms with E-state index in [0.29, 0.717) is 5.69 Å². The number of halogens is 2. The minimum absolute atomic E-state index is 0.0835. The van der Waals surface area contributed by atoms with E-state index in [-0.39, 0.29) is 23.5 Å². The highest BCUT2D eigenvalue weighted by Crippen LogP contribution is 2.23. The summed E-state index contributed by atoms with van der Waals surface area (Å²) in [4.78, 5) is 11.2. The molecule has 0 saturated carbocycles. The van der Waals surface area contributed by atoms with Crippen molar-refractivity contribution in [3.63, 3.8) is 0 Å². The zero-order valence-corrected chi connectivity index (χ0v) is 10.4. The molecule has 0 bridgehead atoms. The monoisotopic (exact) mass is 278 g/mol. The summed E-state index contributed by atoms with van der Waals surface area (Å²) in [6.45, 7) is -0.373. The zero-order valence-electron chi connectivity index (χ0n) is 10.4. The van der Waals surface area contributed by atoms with E-state index in [1.165, 1.54) is 24.3 Å². The maximum absolute atomic E-state index is 13.5. The van der Waals surface area contributed by atoms with Gasteiger partial charge in [-0.3, -0.25) is 4.79 Å². The second-order valence-corrected chi connectivity index (χ2v) is 4.11. The van der Waals surface area contributed by atoms with E-state index in [9.17, 15) is 13.6 Å². The van der Waals surface area contributed by atoms with Crippen LogP contribution in [0.3, 0.4) is 0 Å². The lowest BCUT2D eigenvalue weighted by molar-refractivity contribution is 0.0996. The summed E-state index contributed by atoms with van der Waals surface area (Å²) in [5.41, 5.74) is 11.0.